The van der Waals surface area contributed by atoms with Crippen LogP contribution >= 0.6 is 11.6 Å². The molecule has 4 heteroatoms. The molecule has 0 saturated carbocycles. The number of hydrogen-bond donors (Lipinski definition) is 1. The Morgan fingerprint density at radius 1 is 1.05 bits per heavy atom. The van der Waals surface area contributed by atoms with Gasteiger partial charge in [-0.15, -0.1) is 0 Å². The molecule has 2 aromatic carbocycles. The lowest BCUT2D eigenvalue weighted by Gasteiger charge is -2.04. The van der Waals surface area contributed by atoms with Crippen LogP contribution in [0.3, 0.4) is 0 Å². The molecule has 0 aliphatic rings. The van der Waals surface area contributed by atoms with Gasteiger partial charge in [0.25, 0.3) is 5.56 Å². The Balaban J connectivity index is 2.08. The van der Waals surface area contributed by atoms with Gasteiger partial charge < -0.3 is 4.98 Å². The minimum absolute atomic E-state index is 0.168. The molecule has 19 heavy (non-hydrogen) atoms. The van der Waals surface area contributed by atoms with Crippen LogP contribution < -0.4 is 5.56 Å². The molecule has 1 heterocycles. The summed E-state index contributed by atoms with van der Waals surface area (Å²) in [7, 11) is 0. The topological polar surface area (TPSA) is 45.8 Å². The molecule has 3 rings (SSSR count). The Morgan fingerprint density at radius 3 is 2.63 bits per heavy atom. The van der Waals surface area contributed by atoms with Gasteiger partial charge in [0, 0.05) is 11.4 Å². The van der Waals surface area contributed by atoms with Crippen molar-refractivity contribution in [3.05, 3.63) is 75.2 Å². The Morgan fingerprint density at radius 2 is 1.79 bits per heavy atom. The summed E-state index contributed by atoms with van der Waals surface area (Å²) in [6.07, 6.45) is 0.430. The highest BCUT2D eigenvalue weighted by Gasteiger charge is 2.07. The number of aromatic amines is 1. The fraction of sp³-hybridized carbons (Fsp3) is 0.0667. The number of rotatable bonds is 2. The number of halogens is 1. The number of H-pyrrole nitrogens is 1. The van der Waals surface area contributed by atoms with Crippen LogP contribution in [0.15, 0.2) is 53.3 Å². The van der Waals surface area contributed by atoms with Gasteiger partial charge in [-0.3, -0.25) is 4.79 Å². The average molecular weight is 271 g/mol. The van der Waals surface area contributed by atoms with E-state index in [-0.39, 0.29) is 5.56 Å². The minimum Gasteiger partial charge on any atom is -0.319 e. The maximum absolute atomic E-state index is 12.0. The summed E-state index contributed by atoms with van der Waals surface area (Å²) in [6, 6.07) is 15.0. The summed E-state index contributed by atoms with van der Waals surface area (Å²) in [5, 5.41) is 0.650. The standard InChI is InChI=1S/C15H11ClN2O/c16-11-6-2-1-5-10(11)9-14-15(19)18-13-8-4-3-7-12(13)17-14/h1-8H,9H2,(H,18,19). The molecule has 94 valence electrons. The van der Waals surface area contributed by atoms with E-state index in [0.717, 1.165) is 16.6 Å². The molecule has 0 spiro atoms. The van der Waals surface area contributed by atoms with Gasteiger partial charge in [-0.05, 0) is 23.8 Å². The average Bonchev–Trinajstić information content (AvgIpc) is 2.42. The maximum atomic E-state index is 12.0. The summed E-state index contributed by atoms with van der Waals surface area (Å²) in [6.45, 7) is 0. The third kappa shape index (κ3) is 2.37. The van der Waals surface area contributed by atoms with E-state index < -0.39 is 0 Å². The first-order valence-corrected chi connectivity index (χ1v) is 6.33. The summed E-state index contributed by atoms with van der Waals surface area (Å²) in [4.78, 5) is 19.2. The van der Waals surface area contributed by atoms with Crippen LogP contribution in [0, 0.1) is 0 Å². The van der Waals surface area contributed by atoms with Crippen molar-refractivity contribution in [2.24, 2.45) is 0 Å². The lowest BCUT2D eigenvalue weighted by molar-refractivity contribution is 1.03. The van der Waals surface area contributed by atoms with Gasteiger partial charge in [-0.2, -0.15) is 0 Å². The Kier molecular flexibility index (Phi) is 3.05. The molecule has 3 nitrogen and oxygen atoms in total. The van der Waals surface area contributed by atoms with Crippen LogP contribution in [0.5, 0.6) is 0 Å². The Labute approximate surface area is 114 Å². The lowest BCUT2D eigenvalue weighted by atomic mass is 10.1. The monoisotopic (exact) mass is 270 g/mol. The fourth-order valence-electron chi connectivity index (χ4n) is 2.01. The first-order valence-electron chi connectivity index (χ1n) is 5.95. The molecule has 1 N–H and O–H groups in total. The van der Waals surface area contributed by atoms with Crippen molar-refractivity contribution in [2.45, 2.75) is 6.42 Å². The smallest absolute Gasteiger partial charge is 0.270 e. The van der Waals surface area contributed by atoms with E-state index in [2.05, 4.69) is 9.97 Å². The lowest BCUT2D eigenvalue weighted by Crippen LogP contribution is -2.15. The van der Waals surface area contributed by atoms with Crippen LogP contribution in [-0.4, -0.2) is 9.97 Å². The summed E-state index contributed by atoms with van der Waals surface area (Å²) in [5.74, 6) is 0. The first-order chi connectivity index (χ1) is 9.24. The summed E-state index contributed by atoms with van der Waals surface area (Å²) < 4.78 is 0. The second-order valence-electron chi connectivity index (χ2n) is 4.30. The molecule has 0 aliphatic carbocycles. The van der Waals surface area contributed by atoms with Crippen LogP contribution in [0.2, 0.25) is 5.02 Å². The third-order valence-corrected chi connectivity index (χ3v) is 3.35. The number of fused-ring (bicyclic) bond motifs is 1. The molecule has 0 radical (unpaired) electrons. The van der Waals surface area contributed by atoms with E-state index >= 15 is 0 Å². The SMILES string of the molecule is O=c1[nH]c2ccccc2nc1Cc1ccccc1Cl. The normalized spacial score (nSPS) is 10.8. The van der Waals surface area contributed by atoms with Gasteiger partial charge in [0.1, 0.15) is 5.69 Å². The van der Waals surface area contributed by atoms with Gasteiger partial charge in [-0.25, -0.2) is 4.98 Å². The van der Waals surface area contributed by atoms with Crippen molar-refractivity contribution in [3.63, 3.8) is 0 Å². The van der Waals surface area contributed by atoms with Crippen molar-refractivity contribution < 1.29 is 0 Å². The number of para-hydroxylation sites is 2. The second-order valence-corrected chi connectivity index (χ2v) is 4.71. The fourth-order valence-corrected chi connectivity index (χ4v) is 2.21. The van der Waals surface area contributed by atoms with Crippen molar-refractivity contribution in [1.82, 2.24) is 9.97 Å². The van der Waals surface area contributed by atoms with Gasteiger partial charge in [-0.1, -0.05) is 41.9 Å². The van der Waals surface area contributed by atoms with Crippen LogP contribution in [0.4, 0.5) is 0 Å². The quantitative estimate of drug-likeness (QED) is 0.777. The molecule has 0 aliphatic heterocycles. The zero-order valence-electron chi connectivity index (χ0n) is 10.1. The number of nitrogens with zero attached hydrogens (tertiary/aromatic N) is 1. The van der Waals surface area contributed by atoms with E-state index in [1.165, 1.54) is 0 Å². The Bertz CT molecular complexity index is 795. The van der Waals surface area contributed by atoms with E-state index in [1.54, 1.807) is 0 Å². The minimum atomic E-state index is -0.168. The Hall–Kier alpha value is -2.13. The summed E-state index contributed by atoms with van der Waals surface area (Å²) in [5.41, 5.74) is 2.74. The van der Waals surface area contributed by atoms with Gasteiger partial charge in [0.15, 0.2) is 0 Å². The molecule has 0 fully saturated rings. The highest BCUT2D eigenvalue weighted by molar-refractivity contribution is 6.31. The van der Waals surface area contributed by atoms with E-state index in [9.17, 15) is 4.79 Å². The molecule has 0 atom stereocenters. The zero-order chi connectivity index (χ0) is 13.2. The van der Waals surface area contributed by atoms with Crippen LogP contribution in [0.1, 0.15) is 11.3 Å². The molecule has 0 amide bonds. The van der Waals surface area contributed by atoms with Crippen molar-refractivity contribution >= 4 is 22.6 Å². The van der Waals surface area contributed by atoms with Crippen molar-refractivity contribution in [1.29, 1.82) is 0 Å². The predicted octanol–water partition coefficient (Wildman–Crippen LogP) is 3.17. The molecule has 0 bridgehead atoms. The molecular formula is C15H11ClN2O. The van der Waals surface area contributed by atoms with Crippen molar-refractivity contribution in [2.75, 3.05) is 0 Å². The van der Waals surface area contributed by atoms with E-state index in [1.807, 2.05) is 48.5 Å². The molecule has 0 saturated heterocycles. The number of benzene rings is 2. The number of hydrogen-bond acceptors (Lipinski definition) is 2. The van der Waals surface area contributed by atoms with Gasteiger partial charge in [0.05, 0.1) is 11.0 Å². The first kappa shape index (κ1) is 11.9. The molecule has 0 unspecified atom stereocenters. The predicted molar refractivity (Wildman–Crippen MR) is 76.6 cm³/mol. The van der Waals surface area contributed by atoms with Crippen LogP contribution in [0.25, 0.3) is 11.0 Å². The molecule has 1 aromatic heterocycles. The largest absolute Gasteiger partial charge is 0.319 e. The molecular weight excluding hydrogens is 260 g/mol. The highest BCUT2D eigenvalue weighted by atomic mass is 35.5. The number of aromatic nitrogens is 2. The van der Waals surface area contributed by atoms with E-state index in [0.29, 0.717) is 17.1 Å². The molecule has 3 aromatic rings. The maximum Gasteiger partial charge on any atom is 0.270 e. The third-order valence-electron chi connectivity index (χ3n) is 2.99. The second kappa shape index (κ2) is 4.86. The van der Waals surface area contributed by atoms with E-state index in [4.69, 9.17) is 11.6 Å². The summed E-state index contributed by atoms with van der Waals surface area (Å²) >= 11 is 6.10. The van der Waals surface area contributed by atoms with Crippen LogP contribution in [-0.2, 0) is 6.42 Å². The van der Waals surface area contributed by atoms with Crippen molar-refractivity contribution in [3.8, 4) is 0 Å². The van der Waals surface area contributed by atoms with Gasteiger partial charge >= 0.3 is 0 Å². The van der Waals surface area contributed by atoms with Gasteiger partial charge in [0.2, 0.25) is 0 Å². The zero-order valence-corrected chi connectivity index (χ0v) is 10.8. The highest BCUT2D eigenvalue weighted by Crippen LogP contribution is 2.17. The number of nitrogens with one attached hydrogen (secondary N) is 1.